The van der Waals surface area contributed by atoms with Gasteiger partial charge in [-0.3, -0.25) is 0 Å². The Morgan fingerprint density at radius 1 is 1.56 bits per heavy atom. The van der Waals surface area contributed by atoms with Crippen LogP contribution >= 0.6 is 11.8 Å². The van der Waals surface area contributed by atoms with Crippen molar-refractivity contribution in [3.8, 4) is 0 Å². The molecule has 1 unspecified atom stereocenters. The van der Waals surface area contributed by atoms with E-state index >= 15 is 0 Å². The van der Waals surface area contributed by atoms with Crippen LogP contribution in [0.1, 0.15) is 18.9 Å². The van der Waals surface area contributed by atoms with Gasteiger partial charge in [0.25, 0.3) is 0 Å². The molecule has 5 heteroatoms. The molecule has 0 spiro atoms. The van der Waals surface area contributed by atoms with Crippen LogP contribution in [0.15, 0.2) is 12.3 Å². The van der Waals surface area contributed by atoms with Gasteiger partial charge in [0.1, 0.15) is 11.6 Å². The van der Waals surface area contributed by atoms with Crippen molar-refractivity contribution in [3.63, 3.8) is 0 Å². The molecule has 0 aliphatic heterocycles. The third-order valence-corrected chi connectivity index (χ3v) is 3.71. The van der Waals surface area contributed by atoms with Crippen LogP contribution in [0, 0.1) is 5.82 Å². The fraction of sp³-hybridized carbons (Fsp3) is 0.615. The minimum Gasteiger partial charge on any atom is -0.356 e. The summed E-state index contributed by atoms with van der Waals surface area (Å²) >= 11 is 1.82. The first-order valence-electron chi connectivity index (χ1n) is 6.14. The monoisotopic (exact) mass is 271 g/mol. The molecule has 3 nitrogen and oxygen atoms in total. The molecule has 0 fully saturated rings. The second-order valence-electron chi connectivity index (χ2n) is 4.29. The topological polar surface area (TPSA) is 28.2 Å². The van der Waals surface area contributed by atoms with Crippen LogP contribution in [-0.2, 0) is 6.54 Å². The molecule has 0 saturated carbocycles. The Balaban J connectivity index is 2.98. The summed E-state index contributed by atoms with van der Waals surface area (Å²) in [5.74, 6) is 1.63. The zero-order chi connectivity index (χ0) is 13.5. The third kappa shape index (κ3) is 3.85. The Kier molecular flexibility index (Phi) is 6.43. The van der Waals surface area contributed by atoms with Gasteiger partial charge in [-0.15, -0.1) is 0 Å². The van der Waals surface area contributed by atoms with Gasteiger partial charge in [-0.25, -0.2) is 9.37 Å². The quantitative estimate of drug-likeness (QED) is 0.825. The Morgan fingerprint density at radius 3 is 2.83 bits per heavy atom. The third-order valence-electron chi connectivity index (χ3n) is 2.99. The summed E-state index contributed by atoms with van der Waals surface area (Å²) in [6, 6.07) is 1.98. The highest BCUT2D eigenvalue weighted by Crippen LogP contribution is 2.21. The molecule has 1 rings (SSSR count). The largest absolute Gasteiger partial charge is 0.356 e. The molecule has 1 aromatic rings. The number of pyridine rings is 1. The van der Waals surface area contributed by atoms with E-state index in [1.807, 2.05) is 25.9 Å². The molecule has 1 heterocycles. The van der Waals surface area contributed by atoms with Gasteiger partial charge < -0.3 is 10.2 Å². The van der Waals surface area contributed by atoms with Crippen molar-refractivity contribution in [1.82, 2.24) is 10.3 Å². The van der Waals surface area contributed by atoms with Gasteiger partial charge in [-0.05, 0) is 25.8 Å². The number of nitrogens with one attached hydrogen (secondary N) is 1. The fourth-order valence-electron chi connectivity index (χ4n) is 1.98. The average molecular weight is 271 g/mol. The van der Waals surface area contributed by atoms with Crippen molar-refractivity contribution in [1.29, 1.82) is 0 Å². The summed E-state index contributed by atoms with van der Waals surface area (Å²) in [7, 11) is 3.89. The Hall–Kier alpha value is -0.810. The summed E-state index contributed by atoms with van der Waals surface area (Å²) in [6.45, 7) is 2.79. The Labute approximate surface area is 113 Å². The molecule has 0 aliphatic carbocycles. The number of hydrogen-bond acceptors (Lipinski definition) is 4. The smallest absolute Gasteiger partial charge is 0.141 e. The molecule has 0 saturated heterocycles. The van der Waals surface area contributed by atoms with Crippen molar-refractivity contribution >= 4 is 17.6 Å². The highest BCUT2D eigenvalue weighted by molar-refractivity contribution is 7.98. The van der Waals surface area contributed by atoms with E-state index in [1.54, 1.807) is 6.07 Å². The number of anilines is 1. The molecule has 0 aromatic carbocycles. The first kappa shape index (κ1) is 15.2. The minimum absolute atomic E-state index is 0.282. The predicted octanol–water partition coefficient (Wildman–Crippen LogP) is 2.52. The van der Waals surface area contributed by atoms with Crippen molar-refractivity contribution in [2.45, 2.75) is 25.9 Å². The van der Waals surface area contributed by atoms with Crippen LogP contribution in [0.5, 0.6) is 0 Å². The minimum atomic E-state index is -0.282. The molecule has 0 amide bonds. The lowest BCUT2D eigenvalue weighted by Crippen LogP contribution is -2.34. The van der Waals surface area contributed by atoms with Crippen molar-refractivity contribution in [2.24, 2.45) is 0 Å². The molecule has 0 bridgehead atoms. The summed E-state index contributed by atoms with van der Waals surface area (Å²) in [5, 5.41) is 3.06. The Morgan fingerprint density at radius 2 is 2.28 bits per heavy atom. The standard InChI is InChI=1S/C13H22FN3S/c1-5-12(9-18-4)17(3)13-10(7-15-2)6-11(14)8-16-13/h6,8,12,15H,5,7,9H2,1-4H3. The Bertz CT molecular complexity index is 373. The second-order valence-corrected chi connectivity index (χ2v) is 5.21. The van der Waals surface area contributed by atoms with Crippen molar-refractivity contribution in [3.05, 3.63) is 23.6 Å². The van der Waals surface area contributed by atoms with Gasteiger partial charge in [-0.2, -0.15) is 11.8 Å². The molecule has 0 aliphatic rings. The lowest BCUT2D eigenvalue weighted by atomic mass is 10.2. The normalized spacial score (nSPS) is 12.5. The number of halogens is 1. The summed E-state index contributed by atoms with van der Waals surface area (Å²) in [4.78, 5) is 6.40. The number of hydrogen-bond donors (Lipinski definition) is 1. The number of nitrogens with zero attached hydrogens (tertiary/aromatic N) is 2. The molecular weight excluding hydrogens is 249 g/mol. The summed E-state index contributed by atoms with van der Waals surface area (Å²) in [6.07, 6.45) is 4.44. The van der Waals surface area contributed by atoms with Crippen LogP contribution in [0.25, 0.3) is 0 Å². The van der Waals surface area contributed by atoms with Gasteiger partial charge >= 0.3 is 0 Å². The van der Waals surface area contributed by atoms with E-state index in [1.165, 1.54) is 6.20 Å². The van der Waals surface area contributed by atoms with Crippen LogP contribution in [-0.4, -0.2) is 37.1 Å². The lowest BCUT2D eigenvalue weighted by molar-refractivity contribution is 0.610. The first-order chi connectivity index (χ1) is 8.63. The molecule has 18 heavy (non-hydrogen) atoms. The van der Waals surface area contributed by atoms with E-state index in [4.69, 9.17) is 0 Å². The fourth-order valence-corrected chi connectivity index (χ4v) is 2.83. The number of thioether (sulfide) groups is 1. The van der Waals surface area contributed by atoms with E-state index in [0.717, 1.165) is 23.6 Å². The molecule has 1 aromatic heterocycles. The van der Waals surface area contributed by atoms with Crippen LogP contribution in [0.3, 0.4) is 0 Å². The number of aromatic nitrogens is 1. The van der Waals surface area contributed by atoms with Gasteiger partial charge in [0.2, 0.25) is 0 Å². The molecule has 1 atom stereocenters. The maximum Gasteiger partial charge on any atom is 0.141 e. The SMILES string of the molecule is CCC(CSC)N(C)c1ncc(F)cc1CNC. The van der Waals surface area contributed by atoms with E-state index < -0.39 is 0 Å². The second kappa shape index (κ2) is 7.59. The van der Waals surface area contributed by atoms with E-state index in [9.17, 15) is 4.39 Å². The molecular formula is C13H22FN3S. The average Bonchev–Trinajstić information content (AvgIpc) is 2.36. The van der Waals surface area contributed by atoms with Gasteiger partial charge in [0, 0.05) is 31.0 Å². The van der Waals surface area contributed by atoms with Crippen molar-refractivity contribution in [2.75, 3.05) is 31.0 Å². The maximum absolute atomic E-state index is 13.3. The number of rotatable bonds is 7. The maximum atomic E-state index is 13.3. The lowest BCUT2D eigenvalue weighted by Gasteiger charge is -2.29. The van der Waals surface area contributed by atoms with Crippen LogP contribution in [0.2, 0.25) is 0 Å². The van der Waals surface area contributed by atoms with E-state index in [0.29, 0.717) is 12.6 Å². The zero-order valence-electron chi connectivity index (χ0n) is 11.5. The van der Waals surface area contributed by atoms with Gasteiger partial charge in [0.15, 0.2) is 0 Å². The molecule has 102 valence electrons. The molecule has 0 radical (unpaired) electrons. The summed E-state index contributed by atoms with van der Waals surface area (Å²) < 4.78 is 13.3. The molecule has 1 N–H and O–H groups in total. The van der Waals surface area contributed by atoms with Crippen LogP contribution in [0.4, 0.5) is 10.2 Å². The zero-order valence-corrected chi connectivity index (χ0v) is 12.4. The van der Waals surface area contributed by atoms with Crippen molar-refractivity contribution < 1.29 is 4.39 Å². The first-order valence-corrected chi connectivity index (χ1v) is 7.54. The highest BCUT2D eigenvalue weighted by atomic mass is 32.2. The van der Waals surface area contributed by atoms with Gasteiger partial charge in [-0.1, -0.05) is 6.92 Å². The van der Waals surface area contributed by atoms with E-state index in [-0.39, 0.29) is 5.82 Å². The van der Waals surface area contributed by atoms with E-state index in [2.05, 4.69) is 28.4 Å². The summed E-state index contributed by atoms with van der Waals surface area (Å²) in [5.41, 5.74) is 0.902. The highest BCUT2D eigenvalue weighted by Gasteiger charge is 2.17. The predicted molar refractivity (Wildman–Crippen MR) is 77.8 cm³/mol. The van der Waals surface area contributed by atoms with Crippen LogP contribution < -0.4 is 10.2 Å². The van der Waals surface area contributed by atoms with Gasteiger partial charge in [0.05, 0.1) is 6.20 Å².